The summed E-state index contributed by atoms with van der Waals surface area (Å²) in [4.78, 5) is 6.92. The highest BCUT2D eigenvalue weighted by atomic mass is 19.4. The van der Waals surface area contributed by atoms with Crippen molar-refractivity contribution in [1.29, 1.82) is 0 Å². The lowest BCUT2D eigenvalue weighted by Gasteiger charge is -2.27. The van der Waals surface area contributed by atoms with E-state index in [1.807, 2.05) is 0 Å². The van der Waals surface area contributed by atoms with Crippen molar-refractivity contribution in [2.75, 3.05) is 11.9 Å². The van der Waals surface area contributed by atoms with Gasteiger partial charge in [0.15, 0.2) is 5.69 Å². The van der Waals surface area contributed by atoms with Gasteiger partial charge in [0.1, 0.15) is 17.1 Å². The molecule has 2 rings (SSSR count). The van der Waals surface area contributed by atoms with Gasteiger partial charge in [0.25, 0.3) is 0 Å². The summed E-state index contributed by atoms with van der Waals surface area (Å²) in [5, 5.41) is 5.93. The quantitative estimate of drug-likeness (QED) is 0.338. The second-order valence-electron chi connectivity index (χ2n) is 5.97. The first kappa shape index (κ1) is 20.5. The molecule has 0 amide bonds. The molecule has 0 aliphatic carbocycles. The van der Waals surface area contributed by atoms with Crippen molar-refractivity contribution in [3.63, 3.8) is 0 Å². The summed E-state index contributed by atoms with van der Waals surface area (Å²) in [6.45, 7) is 10.1. The Hall–Kier alpha value is -2.77. The molecular formula is C16H15F6N5. The topological polar surface area (TPSA) is 53.1 Å². The highest BCUT2D eigenvalue weighted by molar-refractivity contribution is 6.07. The number of hydrogen-bond acceptors (Lipinski definition) is 3. The fourth-order valence-electron chi connectivity index (χ4n) is 2.49. The highest BCUT2D eigenvalue weighted by Gasteiger charge is 2.47. The zero-order chi connectivity index (χ0) is 20.5. The van der Waals surface area contributed by atoms with Gasteiger partial charge in [-0.25, -0.2) is 4.85 Å². The third-order valence-electron chi connectivity index (χ3n) is 3.81. The van der Waals surface area contributed by atoms with Crippen LogP contribution in [0.2, 0.25) is 0 Å². The second kappa shape index (κ2) is 7.09. The van der Waals surface area contributed by atoms with Crippen LogP contribution in [-0.4, -0.2) is 29.8 Å². The number of amidine groups is 1. The molecule has 0 fully saturated rings. The van der Waals surface area contributed by atoms with Gasteiger partial charge in [-0.05, 0) is 26.0 Å². The van der Waals surface area contributed by atoms with E-state index in [1.165, 1.54) is 13.0 Å². The van der Waals surface area contributed by atoms with E-state index in [9.17, 15) is 26.3 Å². The molecule has 0 radical (unpaired) electrons. The number of halogens is 6. The number of anilines is 1. The van der Waals surface area contributed by atoms with Crippen molar-refractivity contribution in [2.45, 2.75) is 38.2 Å². The van der Waals surface area contributed by atoms with Crippen LogP contribution < -0.4 is 10.7 Å². The van der Waals surface area contributed by atoms with Gasteiger partial charge in [0, 0.05) is 18.7 Å². The van der Waals surface area contributed by atoms with Crippen molar-refractivity contribution >= 4 is 22.9 Å². The van der Waals surface area contributed by atoms with Crippen LogP contribution >= 0.6 is 0 Å². The highest BCUT2D eigenvalue weighted by Crippen LogP contribution is 2.38. The van der Waals surface area contributed by atoms with Crippen molar-refractivity contribution in [3.8, 4) is 0 Å². The zero-order valence-corrected chi connectivity index (χ0v) is 14.3. The molecule has 1 aliphatic heterocycles. The first-order chi connectivity index (χ1) is 12.4. The Morgan fingerprint density at radius 3 is 2.44 bits per heavy atom. The van der Waals surface area contributed by atoms with Crippen LogP contribution in [0.5, 0.6) is 0 Å². The smallest absolute Gasteiger partial charge is 0.342 e. The third-order valence-corrected chi connectivity index (χ3v) is 3.81. The number of hydrazone groups is 1. The van der Waals surface area contributed by atoms with Crippen LogP contribution in [0.15, 0.2) is 28.3 Å². The number of benzene rings is 1. The van der Waals surface area contributed by atoms with E-state index >= 15 is 0 Å². The Labute approximate surface area is 151 Å². The summed E-state index contributed by atoms with van der Waals surface area (Å²) in [5.74, 6) is 0.0108. The minimum Gasteiger partial charge on any atom is -0.342 e. The van der Waals surface area contributed by atoms with E-state index in [4.69, 9.17) is 6.57 Å². The standard InChI is InChI=1S/C16H15F6N5/c1-4-24-13(14(2)8-12(26-27-14)16(20,21)22)25-9-5-6-11(23-3)10(7-9)15(17,18)19/h5-7,27H,4,8H2,1-2H3,(H,24,25). The van der Waals surface area contributed by atoms with Crippen LogP contribution in [0.25, 0.3) is 4.85 Å². The molecule has 146 valence electrons. The van der Waals surface area contributed by atoms with Gasteiger partial charge in [0.05, 0.1) is 12.1 Å². The van der Waals surface area contributed by atoms with E-state index in [-0.39, 0.29) is 18.1 Å². The molecule has 1 heterocycles. The maximum absolute atomic E-state index is 13.1. The predicted molar refractivity (Wildman–Crippen MR) is 89.0 cm³/mol. The van der Waals surface area contributed by atoms with Gasteiger partial charge in [-0.3, -0.25) is 10.4 Å². The SMILES string of the molecule is [C-]#[N+]c1ccc(N/C(=N/CC)C2(C)CC(C(F)(F)F)=NN2)cc1C(F)(F)F. The lowest BCUT2D eigenvalue weighted by atomic mass is 9.94. The van der Waals surface area contributed by atoms with Crippen LogP contribution in [0.1, 0.15) is 25.8 Å². The van der Waals surface area contributed by atoms with Crippen molar-refractivity contribution in [2.24, 2.45) is 10.1 Å². The molecule has 27 heavy (non-hydrogen) atoms. The molecule has 1 aliphatic rings. The predicted octanol–water partition coefficient (Wildman–Crippen LogP) is 4.76. The molecule has 0 saturated heterocycles. The summed E-state index contributed by atoms with van der Waals surface area (Å²) < 4.78 is 77.9. The van der Waals surface area contributed by atoms with Gasteiger partial charge >= 0.3 is 12.4 Å². The molecule has 0 aromatic heterocycles. The fourth-order valence-corrected chi connectivity index (χ4v) is 2.49. The lowest BCUT2D eigenvalue weighted by molar-refractivity contribution is -0.136. The lowest BCUT2D eigenvalue weighted by Crippen LogP contribution is -2.48. The van der Waals surface area contributed by atoms with E-state index in [1.54, 1.807) is 6.92 Å². The molecule has 0 saturated carbocycles. The molecular weight excluding hydrogens is 376 g/mol. The maximum Gasteiger partial charge on any atom is 0.431 e. The summed E-state index contributed by atoms with van der Waals surface area (Å²) in [6, 6.07) is 2.95. The largest absolute Gasteiger partial charge is 0.431 e. The normalized spacial score (nSPS) is 20.7. The molecule has 11 heteroatoms. The second-order valence-corrected chi connectivity index (χ2v) is 5.97. The fraction of sp³-hybridized carbons (Fsp3) is 0.438. The third kappa shape index (κ3) is 4.50. The van der Waals surface area contributed by atoms with Crippen molar-refractivity contribution < 1.29 is 26.3 Å². The number of alkyl halides is 6. The molecule has 1 aromatic carbocycles. The van der Waals surface area contributed by atoms with Crippen LogP contribution in [-0.2, 0) is 6.18 Å². The summed E-state index contributed by atoms with van der Waals surface area (Å²) in [5.41, 5.74) is -1.80. The Morgan fingerprint density at radius 2 is 1.96 bits per heavy atom. The summed E-state index contributed by atoms with van der Waals surface area (Å²) in [7, 11) is 0. The van der Waals surface area contributed by atoms with Gasteiger partial charge < -0.3 is 5.32 Å². The minimum atomic E-state index is -4.75. The van der Waals surface area contributed by atoms with Gasteiger partial charge in [-0.15, -0.1) is 0 Å². The van der Waals surface area contributed by atoms with Crippen LogP contribution in [0.4, 0.5) is 37.7 Å². The molecule has 0 spiro atoms. The Bertz CT molecular complexity index is 818. The Morgan fingerprint density at radius 1 is 1.30 bits per heavy atom. The van der Waals surface area contributed by atoms with Gasteiger partial charge in [-0.1, -0.05) is 6.07 Å². The van der Waals surface area contributed by atoms with Gasteiger partial charge in [0.2, 0.25) is 0 Å². The Kier molecular flexibility index (Phi) is 5.40. The molecule has 1 atom stereocenters. The average Bonchev–Trinajstić information content (AvgIpc) is 2.97. The maximum atomic E-state index is 13.1. The molecule has 0 bridgehead atoms. The molecule has 1 unspecified atom stereocenters. The first-order valence-corrected chi connectivity index (χ1v) is 7.72. The van der Waals surface area contributed by atoms with Crippen molar-refractivity contribution in [1.82, 2.24) is 5.43 Å². The number of hydrogen-bond donors (Lipinski definition) is 2. The first-order valence-electron chi connectivity index (χ1n) is 7.72. The monoisotopic (exact) mass is 391 g/mol. The number of nitrogens with one attached hydrogen (secondary N) is 2. The molecule has 2 N–H and O–H groups in total. The average molecular weight is 391 g/mol. The van der Waals surface area contributed by atoms with Gasteiger partial charge in [-0.2, -0.15) is 31.4 Å². The Balaban J connectivity index is 2.34. The number of rotatable bonds is 3. The zero-order valence-electron chi connectivity index (χ0n) is 14.3. The van der Waals surface area contributed by atoms with E-state index in [0.717, 1.165) is 12.1 Å². The molecule has 1 aromatic rings. The van der Waals surface area contributed by atoms with E-state index in [2.05, 4.69) is 25.7 Å². The van der Waals surface area contributed by atoms with Crippen LogP contribution in [0.3, 0.4) is 0 Å². The van der Waals surface area contributed by atoms with Crippen LogP contribution in [0, 0.1) is 6.57 Å². The van der Waals surface area contributed by atoms with E-state index < -0.39 is 41.3 Å². The molecule has 5 nitrogen and oxygen atoms in total. The summed E-state index contributed by atoms with van der Waals surface area (Å²) >= 11 is 0. The minimum absolute atomic E-state index is 0.0108. The van der Waals surface area contributed by atoms with E-state index in [0.29, 0.717) is 0 Å². The number of nitrogens with zero attached hydrogens (tertiary/aromatic N) is 3. The number of aliphatic imine (C=N–C) groups is 1. The van der Waals surface area contributed by atoms with Crippen molar-refractivity contribution in [3.05, 3.63) is 35.2 Å². The summed E-state index contributed by atoms with van der Waals surface area (Å²) in [6.07, 6.45) is -9.90.